The van der Waals surface area contributed by atoms with Crippen LogP contribution in [-0.4, -0.2) is 46.9 Å². The highest BCUT2D eigenvalue weighted by atomic mass is 19.1. The maximum absolute atomic E-state index is 14.3. The van der Waals surface area contributed by atoms with E-state index in [1.54, 1.807) is 4.90 Å². The number of rotatable bonds is 6. The lowest BCUT2D eigenvalue weighted by atomic mass is 10.1. The Morgan fingerprint density at radius 3 is 2.68 bits per heavy atom. The fourth-order valence-electron chi connectivity index (χ4n) is 3.08. The maximum atomic E-state index is 14.3. The summed E-state index contributed by atoms with van der Waals surface area (Å²) in [6.07, 6.45) is 2.78. The number of carboxylic acid groups (broad SMARTS) is 1. The molecule has 0 spiro atoms. The Hall–Kier alpha value is -2.44. The molecular weight excluding hydrogens is 327 g/mol. The number of anilines is 1. The third-order valence-corrected chi connectivity index (χ3v) is 4.71. The number of amides is 2. The Labute approximate surface area is 145 Å². The van der Waals surface area contributed by atoms with Crippen molar-refractivity contribution in [2.24, 2.45) is 5.92 Å². The van der Waals surface area contributed by atoms with Crippen LogP contribution in [0, 0.1) is 11.7 Å². The normalized spacial score (nSPS) is 18.3. The van der Waals surface area contributed by atoms with Crippen molar-refractivity contribution < 1.29 is 23.9 Å². The summed E-state index contributed by atoms with van der Waals surface area (Å²) in [5.41, 5.74) is 0.399. The van der Waals surface area contributed by atoms with Gasteiger partial charge in [-0.15, -0.1) is 0 Å². The molecule has 1 saturated carbocycles. The molecule has 0 bridgehead atoms. The number of aliphatic carboxylic acids is 1. The van der Waals surface area contributed by atoms with Crippen molar-refractivity contribution in [1.82, 2.24) is 4.90 Å². The van der Waals surface area contributed by atoms with Gasteiger partial charge >= 0.3 is 5.97 Å². The Kier molecular flexibility index (Phi) is 4.74. The second-order valence-electron chi connectivity index (χ2n) is 6.74. The SMILES string of the molecule is CC(CN(C(=O)c1cc(N2CCCC2=O)ccc1F)C1CC1)C(=O)O. The van der Waals surface area contributed by atoms with Crippen LogP contribution >= 0.6 is 0 Å². The van der Waals surface area contributed by atoms with Crippen molar-refractivity contribution in [2.45, 2.75) is 38.6 Å². The minimum atomic E-state index is -0.990. The molecule has 134 valence electrons. The van der Waals surface area contributed by atoms with Gasteiger partial charge in [-0.25, -0.2) is 4.39 Å². The quantitative estimate of drug-likeness (QED) is 0.855. The first-order valence-electron chi connectivity index (χ1n) is 8.52. The smallest absolute Gasteiger partial charge is 0.308 e. The number of hydrogen-bond acceptors (Lipinski definition) is 3. The third kappa shape index (κ3) is 3.65. The summed E-state index contributed by atoms with van der Waals surface area (Å²) in [6, 6.07) is 4.06. The van der Waals surface area contributed by atoms with Crippen molar-refractivity contribution in [2.75, 3.05) is 18.0 Å². The van der Waals surface area contributed by atoms with Crippen LogP contribution < -0.4 is 4.90 Å². The summed E-state index contributed by atoms with van der Waals surface area (Å²) in [6.45, 7) is 2.13. The van der Waals surface area contributed by atoms with Crippen LogP contribution in [-0.2, 0) is 9.59 Å². The molecular formula is C18H21FN2O4. The Morgan fingerprint density at radius 2 is 2.12 bits per heavy atom. The number of hydrogen-bond donors (Lipinski definition) is 1. The minimum absolute atomic E-state index is 0.0363. The molecule has 0 radical (unpaired) electrons. The number of carboxylic acids is 1. The molecule has 6 nitrogen and oxygen atoms in total. The van der Waals surface area contributed by atoms with Gasteiger partial charge in [-0.3, -0.25) is 14.4 Å². The maximum Gasteiger partial charge on any atom is 0.308 e. The van der Waals surface area contributed by atoms with Crippen LogP contribution in [0.25, 0.3) is 0 Å². The molecule has 3 rings (SSSR count). The molecule has 1 aliphatic carbocycles. The average molecular weight is 348 g/mol. The van der Waals surface area contributed by atoms with Crippen LogP contribution in [0.4, 0.5) is 10.1 Å². The Balaban J connectivity index is 1.86. The monoisotopic (exact) mass is 348 g/mol. The van der Waals surface area contributed by atoms with Gasteiger partial charge in [-0.1, -0.05) is 6.92 Å². The average Bonchev–Trinajstić information content (AvgIpc) is 3.33. The number of halogens is 1. The van der Waals surface area contributed by atoms with Gasteiger partial charge in [0.2, 0.25) is 5.91 Å². The first-order chi connectivity index (χ1) is 11.9. The van der Waals surface area contributed by atoms with E-state index in [0.29, 0.717) is 18.7 Å². The van der Waals surface area contributed by atoms with Gasteiger partial charge in [0.1, 0.15) is 5.82 Å². The molecule has 2 aliphatic rings. The lowest BCUT2D eigenvalue weighted by Crippen LogP contribution is -2.39. The van der Waals surface area contributed by atoms with E-state index >= 15 is 0 Å². The van der Waals surface area contributed by atoms with Gasteiger partial charge in [0.15, 0.2) is 0 Å². The van der Waals surface area contributed by atoms with E-state index < -0.39 is 23.6 Å². The summed E-state index contributed by atoms with van der Waals surface area (Å²) < 4.78 is 14.3. The number of nitrogens with zero attached hydrogens (tertiary/aromatic N) is 2. The van der Waals surface area contributed by atoms with Gasteiger partial charge in [-0.05, 0) is 37.5 Å². The largest absolute Gasteiger partial charge is 0.481 e. The number of benzene rings is 1. The summed E-state index contributed by atoms with van der Waals surface area (Å²) in [5, 5.41) is 9.10. The van der Waals surface area contributed by atoms with Crippen molar-refractivity contribution in [3.05, 3.63) is 29.6 Å². The molecule has 1 N–H and O–H groups in total. The fourth-order valence-corrected chi connectivity index (χ4v) is 3.08. The van der Waals surface area contributed by atoms with Gasteiger partial charge in [0.05, 0.1) is 11.5 Å². The van der Waals surface area contributed by atoms with Gasteiger partial charge in [0, 0.05) is 31.2 Å². The zero-order chi connectivity index (χ0) is 18.1. The first-order valence-corrected chi connectivity index (χ1v) is 8.52. The molecule has 7 heteroatoms. The minimum Gasteiger partial charge on any atom is -0.481 e. The van der Waals surface area contributed by atoms with E-state index in [1.807, 2.05) is 0 Å². The number of carbonyl (C=O) groups is 3. The standard InChI is InChI=1S/C18H21FN2O4/c1-11(18(24)25)10-21(12-4-5-12)17(23)14-9-13(6-7-15(14)19)20-8-2-3-16(20)22/h6-7,9,11-12H,2-5,8,10H2,1H3,(H,24,25). The van der Waals surface area contributed by atoms with Crippen molar-refractivity contribution >= 4 is 23.5 Å². The topological polar surface area (TPSA) is 77.9 Å². The van der Waals surface area contributed by atoms with Gasteiger partial charge in [0.25, 0.3) is 5.91 Å². The summed E-state index contributed by atoms with van der Waals surface area (Å²) >= 11 is 0. The van der Waals surface area contributed by atoms with E-state index in [-0.39, 0.29) is 24.1 Å². The van der Waals surface area contributed by atoms with E-state index in [4.69, 9.17) is 5.11 Å². The van der Waals surface area contributed by atoms with Crippen molar-refractivity contribution in [1.29, 1.82) is 0 Å². The molecule has 1 heterocycles. The first kappa shape index (κ1) is 17.4. The second-order valence-corrected chi connectivity index (χ2v) is 6.74. The Morgan fingerprint density at radius 1 is 1.40 bits per heavy atom. The van der Waals surface area contributed by atoms with Crippen molar-refractivity contribution in [3.8, 4) is 0 Å². The van der Waals surface area contributed by atoms with Gasteiger partial charge < -0.3 is 14.9 Å². The molecule has 1 atom stereocenters. The van der Waals surface area contributed by atoms with E-state index in [2.05, 4.69) is 0 Å². The van der Waals surface area contributed by atoms with Crippen LogP contribution in [0.5, 0.6) is 0 Å². The molecule has 1 aromatic carbocycles. The summed E-state index contributed by atoms with van der Waals surface area (Å²) in [4.78, 5) is 38.8. The molecule has 1 unspecified atom stereocenters. The summed E-state index contributed by atoms with van der Waals surface area (Å²) in [5.74, 6) is -2.93. The predicted octanol–water partition coefficient (Wildman–Crippen LogP) is 2.28. The molecule has 1 saturated heterocycles. The molecule has 2 fully saturated rings. The fraction of sp³-hybridized carbons (Fsp3) is 0.500. The lowest BCUT2D eigenvalue weighted by molar-refractivity contribution is -0.141. The molecule has 25 heavy (non-hydrogen) atoms. The van der Waals surface area contributed by atoms with E-state index in [1.165, 1.54) is 30.0 Å². The second kappa shape index (κ2) is 6.82. The molecule has 0 aromatic heterocycles. The third-order valence-electron chi connectivity index (χ3n) is 4.71. The highest BCUT2D eigenvalue weighted by Crippen LogP contribution is 2.31. The van der Waals surface area contributed by atoms with Crippen LogP contribution in [0.1, 0.15) is 43.0 Å². The van der Waals surface area contributed by atoms with E-state index in [9.17, 15) is 18.8 Å². The van der Waals surface area contributed by atoms with Crippen LogP contribution in [0.15, 0.2) is 18.2 Å². The van der Waals surface area contributed by atoms with Crippen LogP contribution in [0.3, 0.4) is 0 Å². The number of carbonyl (C=O) groups excluding carboxylic acids is 2. The highest BCUT2D eigenvalue weighted by molar-refractivity contribution is 5.99. The summed E-state index contributed by atoms with van der Waals surface area (Å²) in [7, 11) is 0. The Bertz CT molecular complexity index is 717. The van der Waals surface area contributed by atoms with Crippen LogP contribution in [0.2, 0.25) is 0 Å². The van der Waals surface area contributed by atoms with Gasteiger partial charge in [-0.2, -0.15) is 0 Å². The predicted molar refractivity (Wildman–Crippen MR) is 88.8 cm³/mol. The zero-order valence-corrected chi connectivity index (χ0v) is 14.1. The molecule has 1 aromatic rings. The molecule has 2 amide bonds. The van der Waals surface area contributed by atoms with Crippen molar-refractivity contribution in [3.63, 3.8) is 0 Å². The zero-order valence-electron chi connectivity index (χ0n) is 14.1. The highest BCUT2D eigenvalue weighted by Gasteiger charge is 2.36. The van der Waals surface area contributed by atoms with E-state index in [0.717, 1.165) is 19.3 Å². The molecule has 1 aliphatic heterocycles. The lowest BCUT2D eigenvalue weighted by Gasteiger charge is -2.25.